The Morgan fingerprint density at radius 3 is 2.90 bits per heavy atom. The van der Waals surface area contributed by atoms with E-state index in [-0.39, 0.29) is 0 Å². The molecule has 6 heteroatoms. The van der Waals surface area contributed by atoms with Crippen LogP contribution in [0.5, 0.6) is 0 Å². The van der Waals surface area contributed by atoms with Crippen LogP contribution >= 0.6 is 0 Å². The number of nitrogens with one attached hydrogen (secondary N) is 1. The van der Waals surface area contributed by atoms with Gasteiger partial charge in [-0.15, -0.1) is 0 Å². The molecular formula is C14H17N3O2S. The Hall–Kier alpha value is -1.50. The maximum Gasteiger partial charge on any atom is 0.243 e. The molecule has 3 rings (SSSR count). The summed E-state index contributed by atoms with van der Waals surface area (Å²) in [5, 5.41) is 3.91. The Balaban J connectivity index is 2.09. The molecule has 1 saturated heterocycles. The summed E-state index contributed by atoms with van der Waals surface area (Å²) in [6.07, 6.45) is 2.51. The van der Waals surface area contributed by atoms with E-state index in [2.05, 4.69) is 10.3 Å². The van der Waals surface area contributed by atoms with Gasteiger partial charge in [-0.05, 0) is 37.2 Å². The Morgan fingerprint density at radius 1 is 1.10 bits per heavy atom. The summed E-state index contributed by atoms with van der Waals surface area (Å²) in [4.78, 5) is 4.58. The molecule has 20 heavy (non-hydrogen) atoms. The van der Waals surface area contributed by atoms with Crippen LogP contribution in [0.15, 0.2) is 41.4 Å². The Morgan fingerprint density at radius 2 is 2.00 bits per heavy atom. The van der Waals surface area contributed by atoms with Gasteiger partial charge in [0.25, 0.3) is 0 Å². The molecule has 0 aliphatic carbocycles. The summed E-state index contributed by atoms with van der Waals surface area (Å²) in [6.45, 7) is 2.64. The zero-order valence-electron chi connectivity index (χ0n) is 11.1. The highest BCUT2D eigenvalue weighted by atomic mass is 32.2. The van der Waals surface area contributed by atoms with Gasteiger partial charge in [-0.2, -0.15) is 4.31 Å². The van der Waals surface area contributed by atoms with Crippen molar-refractivity contribution in [2.45, 2.75) is 11.3 Å². The fraction of sp³-hybridized carbons (Fsp3) is 0.357. The lowest BCUT2D eigenvalue weighted by Gasteiger charge is -2.20. The Kier molecular flexibility index (Phi) is 3.69. The summed E-state index contributed by atoms with van der Waals surface area (Å²) in [5.74, 6) is 0. The third-order valence-electron chi connectivity index (χ3n) is 3.52. The standard InChI is InChI=1S/C14H17N3O2S/c18-20(19,17-10-3-7-15-9-11-17)14-6-1-5-13-12(14)4-2-8-16-13/h1-2,4-6,8,15H,3,7,9-11H2. The van der Waals surface area contributed by atoms with Gasteiger partial charge in [-0.3, -0.25) is 4.98 Å². The minimum Gasteiger partial charge on any atom is -0.315 e. The zero-order valence-corrected chi connectivity index (χ0v) is 11.9. The zero-order chi connectivity index (χ0) is 14.0. The number of nitrogens with zero attached hydrogens (tertiary/aromatic N) is 2. The third-order valence-corrected chi connectivity index (χ3v) is 5.48. The molecule has 1 fully saturated rings. The molecule has 0 saturated carbocycles. The molecule has 1 aromatic carbocycles. The highest BCUT2D eigenvalue weighted by molar-refractivity contribution is 7.89. The van der Waals surface area contributed by atoms with Crippen LogP contribution in [0.2, 0.25) is 0 Å². The second-order valence-corrected chi connectivity index (χ2v) is 6.74. The fourth-order valence-corrected chi connectivity index (χ4v) is 4.18. The topological polar surface area (TPSA) is 62.3 Å². The molecule has 0 radical (unpaired) electrons. The van der Waals surface area contributed by atoms with Crippen LogP contribution < -0.4 is 5.32 Å². The van der Waals surface area contributed by atoms with E-state index in [0.717, 1.165) is 13.0 Å². The average Bonchev–Trinajstić information content (AvgIpc) is 2.76. The minimum atomic E-state index is -3.46. The van der Waals surface area contributed by atoms with Crippen LogP contribution in [0.25, 0.3) is 10.9 Å². The van der Waals surface area contributed by atoms with Crippen molar-refractivity contribution in [2.75, 3.05) is 26.2 Å². The SMILES string of the molecule is O=S(=O)(c1cccc2ncccc12)N1CCCNCC1. The summed E-state index contributed by atoms with van der Waals surface area (Å²) in [7, 11) is -3.46. The first-order valence-electron chi connectivity index (χ1n) is 6.74. The minimum absolute atomic E-state index is 0.352. The number of aromatic nitrogens is 1. The van der Waals surface area contributed by atoms with Gasteiger partial charge in [0.1, 0.15) is 0 Å². The van der Waals surface area contributed by atoms with Gasteiger partial charge in [0.15, 0.2) is 0 Å². The first-order chi connectivity index (χ1) is 9.69. The predicted molar refractivity (Wildman–Crippen MR) is 78.0 cm³/mol. The van der Waals surface area contributed by atoms with Gasteiger partial charge in [0.05, 0.1) is 10.4 Å². The molecule has 1 aliphatic heterocycles. The van der Waals surface area contributed by atoms with E-state index in [1.807, 2.05) is 12.1 Å². The van der Waals surface area contributed by atoms with E-state index in [4.69, 9.17) is 0 Å². The summed E-state index contributed by atoms with van der Waals surface area (Å²) in [6, 6.07) is 8.82. The van der Waals surface area contributed by atoms with Gasteiger partial charge in [-0.25, -0.2) is 8.42 Å². The van der Waals surface area contributed by atoms with Crippen molar-refractivity contribution < 1.29 is 8.42 Å². The third kappa shape index (κ3) is 2.42. The number of fused-ring (bicyclic) bond motifs is 1. The lowest BCUT2D eigenvalue weighted by Crippen LogP contribution is -2.34. The van der Waals surface area contributed by atoms with E-state index in [9.17, 15) is 8.42 Å². The molecule has 1 N–H and O–H groups in total. The van der Waals surface area contributed by atoms with Crippen LogP contribution in [0, 0.1) is 0 Å². The molecular weight excluding hydrogens is 274 g/mol. The molecule has 0 bridgehead atoms. The molecule has 2 aromatic rings. The monoisotopic (exact) mass is 291 g/mol. The Labute approximate surface area is 118 Å². The van der Waals surface area contributed by atoms with Crippen molar-refractivity contribution in [1.29, 1.82) is 0 Å². The van der Waals surface area contributed by atoms with Crippen LogP contribution in [-0.2, 0) is 10.0 Å². The van der Waals surface area contributed by atoms with Crippen LogP contribution in [0.4, 0.5) is 0 Å². The quantitative estimate of drug-likeness (QED) is 0.903. The number of hydrogen-bond donors (Lipinski definition) is 1. The van der Waals surface area contributed by atoms with Gasteiger partial charge in [0.2, 0.25) is 10.0 Å². The lowest BCUT2D eigenvalue weighted by molar-refractivity contribution is 0.432. The second-order valence-electron chi connectivity index (χ2n) is 4.83. The smallest absolute Gasteiger partial charge is 0.243 e. The Bertz CT molecular complexity index is 702. The van der Waals surface area contributed by atoms with E-state index in [0.29, 0.717) is 35.4 Å². The van der Waals surface area contributed by atoms with Gasteiger partial charge in [-0.1, -0.05) is 6.07 Å². The number of benzene rings is 1. The fourth-order valence-electron chi connectivity index (χ4n) is 2.50. The molecule has 0 amide bonds. The lowest BCUT2D eigenvalue weighted by atomic mass is 10.2. The summed E-state index contributed by atoms with van der Waals surface area (Å²) < 4.78 is 27.2. The van der Waals surface area contributed by atoms with Gasteiger partial charge in [0, 0.05) is 31.2 Å². The normalized spacial score (nSPS) is 18.0. The van der Waals surface area contributed by atoms with Crippen LogP contribution in [-0.4, -0.2) is 43.9 Å². The first-order valence-corrected chi connectivity index (χ1v) is 8.18. The summed E-state index contributed by atoms with van der Waals surface area (Å²) in [5.41, 5.74) is 0.710. The molecule has 2 heterocycles. The first kappa shape index (κ1) is 13.5. The van der Waals surface area contributed by atoms with Gasteiger partial charge >= 0.3 is 0 Å². The van der Waals surface area contributed by atoms with Gasteiger partial charge < -0.3 is 5.32 Å². The van der Waals surface area contributed by atoms with Crippen molar-refractivity contribution in [3.63, 3.8) is 0 Å². The van der Waals surface area contributed by atoms with E-state index in [1.165, 1.54) is 0 Å². The highest BCUT2D eigenvalue weighted by Gasteiger charge is 2.26. The summed E-state index contributed by atoms with van der Waals surface area (Å²) >= 11 is 0. The maximum absolute atomic E-state index is 12.8. The van der Waals surface area contributed by atoms with Crippen LogP contribution in [0.1, 0.15) is 6.42 Å². The number of pyridine rings is 1. The van der Waals surface area contributed by atoms with Crippen molar-refractivity contribution in [1.82, 2.24) is 14.6 Å². The maximum atomic E-state index is 12.8. The van der Waals surface area contributed by atoms with E-state index < -0.39 is 10.0 Å². The molecule has 0 spiro atoms. The second kappa shape index (κ2) is 5.47. The largest absolute Gasteiger partial charge is 0.315 e. The number of sulfonamides is 1. The molecule has 1 aromatic heterocycles. The molecule has 0 atom stereocenters. The molecule has 0 unspecified atom stereocenters. The van der Waals surface area contributed by atoms with Crippen molar-refractivity contribution in [3.05, 3.63) is 36.5 Å². The molecule has 1 aliphatic rings. The number of hydrogen-bond acceptors (Lipinski definition) is 4. The average molecular weight is 291 g/mol. The highest BCUT2D eigenvalue weighted by Crippen LogP contribution is 2.24. The molecule has 106 valence electrons. The van der Waals surface area contributed by atoms with E-state index in [1.54, 1.807) is 28.7 Å². The number of rotatable bonds is 2. The molecule has 5 nitrogen and oxygen atoms in total. The van der Waals surface area contributed by atoms with Crippen molar-refractivity contribution in [3.8, 4) is 0 Å². The van der Waals surface area contributed by atoms with Crippen molar-refractivity contribution >= 4 is 20.9 Å². The van der Waals surface area contributed by atoms with E-state index >= 15 is 0 Å². The van der Waals surface area contributed by atoms with Crippen LogP contribution in [0.3, 0.4) is 0 Å². The predicted octanol–water partition coefficient (Wildman–Crippen LogP) is 1.22. The van der Waals surface area contributed by atoms with Crippen molar-refractivity contribution in [2.24, 2.45) is 0 Å².